The molecule has 0 heterocycles. The van der Waals surface area contributed by atoms with Crippen molar-refractivity contribution < 1.29 is 14.3 Å². The van der Waals surface area contributed by atoms with Crippen molar-refractivity contribution in [3.8, 4) is 0 Å². The Hall–Kier alpha value is -0.723. The average Bonchev–Trinajstić information content (AvgIpc) is 2.48. The van der Waals surface area contributed by atoms with Crippen molar-refractivity contribution in [1.82, 2.24) is 5.32 Å². The van der Waals surface area contributed by atoms with Crippen LogP contribution in [0.4, 0.5) is 0 Å². The molecule has 0 aliphatic rings. The fourth-order valence-electron chi connectivity index (χ4n) is 1.96. The molecule has 0 saturated heterocycles. The molecule has 5 heteroatoms. The second-order valence-corrected chi connectivity index (χ2v) is 10.3. The molecule has 0 saturated carbocycles. The molecule has 0 aliphatic carbocycles. The van der Waals surface area contributed by atoms with Gasteiger partial charge < -0.3 is 19.6 Å². The van der Waals surface area contributed by atoms with Crippen LogP contribution in [0.2, 0.25) is 19.1 Å². The van der Waals surface area contributed by atoms with Crippen LogP contribution in [-0.4, -0.2) is 46.4 Å². The fraction of sp³-hybridized carbons (Fsp3) is 0.625. The van der Waals surface area contributed by atoms with Crippen LogP contribution in [0.25, 0.3) is 0 Å². The third kappa shape index (κ3) is 9.01. The quantitative estimate of drug-likeness (QED) is 0.487. The maximum Gasteiger partial charge on any atom is 0.186 e. The second-order valence-electron chi connectivity index (χ2n) is 5.91. The minimum atomic E-state index is -1.47. The Morgan fingerprint density at radius 2 is 1.95 bits per heavy atom. The van der Waals surface area contributed by atoms with Gasteiger partial charge in [-0.3, -0.25) is 0 Å². The number of hydrogen-bond donors (Lipinski definition) is 2. The van der Waals surface area contributed by atoms with E-state index in [2.05, 4.69) is 30.5 Å². The summed E-state index contributed by atoms with van der Waals surface area (Å²) in [5.41, 5.74) is 1.22. The van der Waals surface area contributed by atoms with E-state index in [1.807, 2.05) is 18.2 Å². The summed E-state index contributed by atoms with van der Waals surface area (Å²) in [5, 5.41) is 13.1. The van der Waals surface area contributed by atoms with Crippen LogP contribution in [-0.2, 0) is 15.7 Å². The van der Waals surface area contributed by atoms with Gasteiger partial charge in [0.25, 0.3) is 0 Å². The number of ether oxygens (including phenoxy) is 1. The van der Waals surface area contributed by atoms with E-state index in [-0.39, 0.29) is 0 Å². The van der Waals surface area contributed by atoms with E-state index >= 15 is 0 Å². The van der Waals surface area contributed by atoms with Gasteiger partial charge in [0.05, 0.1) is 12.7 Å². The first kappa shape index (κ1) is 18.3. The van der Waals surface area contributed by atoms with E-state index < -0.39 is 14.4 Å². The van der Waals surface area contributed by atoms with E-state index in [1.165, 1.54) is 5.56 Å². The molecule has 0 fully saturated rings. The van der Waals surface area contributed by atoms with Gasteiger partial charge in [0.1, 0.15) is 0 Å². The van der Waals surface area contributed by atoms with Crippen molar-refractivity contribution in [3.05, 3.63) is 35.9 Å². The molecule has 0 aromatic heterocycles. The molecule has 4 nitrogen and oxygen atoms in total. The minimum Gasteiger partial charge on any atom is -0.420 e. The smallest absolute Gasteiger partial charge is 0.186 e. The maximum absolute atomic E-state index is 9.83. The second kappa shape index (κ2) is 10.1. The van der Waals surface area contributed by atoms with Gasteiger partial charge in [-0.2, -0.15) is 0 Å². The van der Waals surface area contributed by atoms with E-state index in [1.54, 1.807) is 7.11 Å². The Labute approximate surface area is 129 Å². The maximum atomic E-state index is 9.83. The molecule has 2 N–H and O–H groups in total. The summed E-state index contributed by atoms with van der Waals surface area (Å²) < 4.78 is 11.0. The number of aliphatic hydroxyl groups excluding tert-OH is 1. The lowest BCUT2D eigenvalue weighted by Gasteiger charge is -2.19. The molecule has 1 aromatic carbocycles. The predicted octanol–water partition coefficient (Wildman–Crippen LogP) is 2.40. The number of hydrogen-bond acceptors (Lipinski definition) is 4. The number of rotatable bonds is 11. The zero-order chi connectivity index (χ0) is 15.6. The molecule has 1 aromatic rings. The lowest BCUT2D eigenvalue weighted by molar-refractivity contribution is 0.0369. The summed E-state index contributed by atoms with van der Waals surface area (Å²) in [7, 11) is 0.319. The molecule has 1 unspecified atom stereocenters. The van der Waals surface area contributed by atoms with Crippen LogP contribution < -0.4 is 5.32 Å². The molecule has 1 atom stereocenters. The lowest BCUT2D eigenvalue weighted by atomic mass is 10.2. The molecule has 1 rings (SSSR count). The van der Waals surface area contributed by atoms with Gasteiger partial charge >= 0.3 is 0 Å². The van der Waals surface area contributed by atoms with E-state index in [0.29, 0.717) is 19.8 Å². The van der Waals surface area contributed by atoms with Crippen molar-refractivity contribution in [1.29, 1.82) is 0 Å². The normalized spacial score (nSPS) is 13.3. The topological polar surface area (TPSA) is 50.7 Å². The van der Waals surface area contributed by atoms with Crippen molar-refractivity contribution in [2.24, 2.45) is 0 Å². The first-order valence-corrected chi connectivity index (χ1v) is 10.7. The molecule has 21 heavy (non-hydrogen) atoms. The monoisotopic (exact) mass is 311 g/mol. The highest BCUT2D eigenvalue weighted by molar-refractivity contribution is 6.71. The van der Waals surface area contributed by atoms with Crippen LogP contribution in [0.1, 0.15) is 12.0 Å². The summed E-state index contributed by atoms with van der Waals surface area (Å²) in [6.45, 7) is 6.80. The van der Waals surface area contributed by atoms with Gasteiger partial charge in [-0.15, -0.1) is 0 Å². The number of nitrogens with one attached hydrogen (secondary N) is 1. The Bertz CT molecular complexity index is 373. The van der Waals surface area contributed by atoms with Gasteiger partial charge in [-0.25, -0.2) is 0 Å². The van der Waals surface area contributed by atoms with Crippen LogP contribution in [0, 0.1) is 0 Å². The van der Waals surface area contributed by atoms with Gasteiger partial charge in [-0.05, 0) is 31.1 Å². The van der Waals surface area contributed by atoms with Crippen LogP contribution in [0.5, 0.6) is 0 Å². The summed E-state index contributed by atoms with van der Waals surface area (Å²) >= 11 is 0. The third-order valence-corrected chi connectivity index (χ3v) is 6.15. The predicted molar refractivity (Wildman–Crippen MR) is 88.9 cm³/mol. The van der Waals surface area contributed by atoms with Crippen molar-refractivity contribution >= 4 is 8.32 Å². The minimum absolute atomic E-state index is 0.386. The number of benzene rings is 1. The summed E-state index contributed by atoms with van der Waals surface area (Å²) in [5.74, 6) is 0. The van der Waals surface area contributed by atoms with Crippen molar-refractivity contribution in [2.45, 2.75) is 38.2 Å². The molecular weight excluding hydrogens is 282 g/mol. The summed E-state index contributed by atoms with van der Waals surface area (Å²) in [6, 6.07) is 11.3. The summed E-state index contributed by atoms with van der Waals surface area (Å²) in [4.78, 5) is 0. The largest absolute Gasteiger partial charge is 0.420 e. The van der Waals surface area contributed by atoms with Crippen LogP contribution >= 0.6 is 0 Å². The standard InChI is InChI=1S/C16H29NO3Si/c1-19-21(2,3)11-7-10-20-14-16(18)13-17-12-15-8-5-4-6-9-15/h4-6,8-9,16-18H,7,10-14H2,1-3H3. The highest BCUT2D eigenvalue weighted by Crippen LogP contribution is 2.12. The Morgan fingerprint density at radius 1 is 1.24 bits per heavy atom. The van der Waals surface area contributed by atoms with Gasteiger partial charge in [0, 0.05) is 26.8 Å². The molecule has 0 bridgehead atoms. The average molecular weight is 311 g/mol. The van der Waals surface area contributed by atoms with Crippen molar-refractivity contribution in [2.75, 3.05) is 26.9 Å². The molecular formula is C16H29NO3Si. The highest BCUT2D eigenvalue weighted by atomic mass is 28.4. The van der Waals surface area contributed by atoms with E-state index in [0.717, 1.165) is 19.0 Å². The van der Waals surface area contributed by atoms with Gasteiger partial charge in [-0.1, -0.05) is 30.3 Å². The third-order valence-electron chi connectivity index (χ3n) is 3.48. The summed E-state index contributed by atoms with van der Waals surface area (Å²) in [6.07, 6.45) is 0.540. The Morgan fingerprint density at radius 3 is 2.62 bits per heavy atom. The molecule has 120 valence electrons. The highest BCUT2D eigenvalue weighted by Gasteiger charge is 2.19. The van der Waals surface area contributed by atoms with E-state index in [9.17, 15) is 5.11 Å². The molecule has 0 aliphatic heterocycles. The first-order valence-electron chi connectivity index (χ1n) is 7.59. The van der Waals surface area contributed by atoms with Crippen molar-refractivity contribution in [3.63, 3.8) is 0 Å². The molecule has 0 radical (unpaired) electrons. The lowest BCUT2D eigenvalue weighted by Crippen LogP contribution is -2.31. The van der Waals surface area contributed by atoms with Gasteiger partial charge in [0.15, 0.2) is 8.32 Å². The van der Waals surface area contributed by atoms with Crippen LogP contribution in [0.3, 0.4) is 0 Å². The van der Waals surface area contributed by atoms with Crippen LogP contribution in [0.15, 0.2) is 30.3 Å². The zero-order valence-electron chi connectivity index (χ0n) is 13.5. The van der Waals surface area contributed by atoms with Gasteiger partial charge in [0.2, 0.25) is 0 Å². The Kier molecular flexibility index (Phi) is 8.80. The fourth-order valence-corrected chi connectivity index (χ4v) is 3.16. The number of aliphatic hydroxyl groups is 1. The van der Waals surface area contributed by atoms with E-state index in [4.69, 9.17) is 9.16 Å². The Balaban J connectivity index is 2.00. The molecule has 0 spiro atoms. The zero-order valence-corrected chi connectivity index (χ0v) is 14.5. The molecule has 0 amide bonds. The first-order chi connectivity index (χ1) is 10.0. The SMILES string of the molecule is CO[Si](C)(C)CCCOCC(O)CNCc1ccccc1.